The highest BCUT2D eigenvalue weighted by molar-refractivity contribution is 6.05. The molecular weight excluding hydrogens is 294 g/mol. The third-order valence-electron chi connectivity index (χ3n) is 4.60. The van der Waals surface area contributed by atoms with Crippen LogP contribution in [-0.2, 0) is 9.47 Å². The van der Waals surface area contributed by atoms with Crippen molar-refractivity contribution in [1.29, 1.82) is 0 Å². The molecule has 1 spiro atoms. The standard InChI is InChI=1S/C17H21N3O3/c1-16(2)9-20(10-17(23-16)6-7-22-11-17)15(21)13-5-3-4-12-8-18-19-14(12)13/h3-5,8H,6-7,9-11H2,1-2H3,(H,18,19). The first kappa shape index (κ1) is 14.7. The smallest absolute Gasteiger partial charge is 0.256 e. The predicted octanol–water partition coefficient (Wildman–Crippen LogP) is 1.97. The van der Waals surface area contributed by atoms with Gasteiger partial charge in [0.05, 0.1) is 36.0 Å². The van der Waals surface area contributed by atoms with Crippen LogP contribution >= 0.6 is 0 Å². The zero-order valence-electron chi connectivity index (χ0n) is 13.5. The molecule has 2 fully saturated rings. The van der Waals surface area contributed by atoms with Gasteiger partial charge in [0.25, 0.3) is 5.91 Å². The Labute approximate surface area is 134 Å². The van der Waals surface area contributed by atoms with Crippen LogP contribution in [0.25, 0.3) is 10.9 Å². The fraction of sp³-hybridized carbons (Fsp3) is 0.529. The Bertz CT molecular complexity index is 746. The molecule has 4 rings (SSSR count). The average molecular weight is 315 g/mol. The largest absolute Gasteiger partial charge is 0.378 e. The Balaban J connectivity index is 1.68. The number of fused-ring (bicyclic) bond motifs is 1. The first-order valence-corrected chi connectivity index (χ1v) is 7.97. The molecule has 0 bridgehead atoms. The number of morpholine rings is 1. The minimum Gasteiger partial charge on any atom is -0.378 e. The van der Waals surface area contributed by atoms with E-state index in [1.165, 1.54) is 0 Å². The van der Waals surface area contributed by atoms with Gasteiger partial charge in [-0.3, -0.25) is 9.89 Å². The van der Waals surface area contributed by atoms with Crippen molar-refractivity contribution in [1.82, 2.24) is 15.1 Å². The molecule has 1 aromatic carbocycles. The van der Waals surface area contributed by atoms with Crippen molar-refractivity contribution >= 4 is 16.8 Å². The summed E-state index contributed by atoms with van der Waals surface area (Å²) in [5.41, 5.74) is 0.688. The summed E-state index contributed by atoms with van der Waals surface area (Å²) in [6, 6.07) is 5.69. The summed E-state index contributed by atoms with van der Waals surface area (Å²) in [6.07, 6.45) is 2.57. The van der Waals surface area contributed by atoms with Gasteiger partial charge < -0.3 is 14.4 Å². The lowest BCUT2D eigenvalue weighted by Crippen LogP contribution is -2.61. The molecule has 0 aliphatic carbocycles. The number of para-hydroxylation sites is 1. The maximum Gasteiger partial charge on any atom is 0.256 e. The molecule has 1 amide bonds. The van der Waals surface area contributed by atoms with Crippen LogP contribution in [0.15, 0.2) is 24.4 Å². The Morgan fingerprint density at radius 1 is 1.35 bits per heavy atom. The quantitative estimate of drug-likeness (QED) is 0.874. The Morgan fingerprint density at radius 3 is 3.00 bits per heavy atom. The Morgan fingerprint density at radius 2 is 2.22 bits per heavy atom. The molecule has 2 aromatic rings. The topological polar surface area (TPSA) is 67.5 Å². The van der Waals surface area contributed by atoms with Gasteiger partial charge in [-0.25, -0.2) is 0 Å². The molecule has 1 aromatic heterocycles. The minimum atomic E-state index is -0.385. The van der Waals surface area contributed by atoms with Crippen LogP contribution in [0.2, 0.25) is 0 Å². The number of carbonyl (C=O) groups excluding carboxylic acids is 1. The molecule has 1 atom stereocenters. The normalized spacial score (nSPS) is 27.0. The maximum absolute atomic E-state index is 13.1. The monoisotopic (exact) mass is 315 g/mol. The molecule has 23 heavy (non-hydrogen) atoms. The van der Waals surface area contributed by atoms with Crippen LogP contribution in [0.3, 0.4) is 0 Å². The van der Waals surface area contributed by atoms with Crippen LogP contribution < -0.4 is 0 Å². The van der Waals surface area contributed by atoms with Gasteiger partial charge in [0.1, 0.15) is 5.60 Å². The summed E-state index contributed by atoms with van der Waals surface area (Å²) in [5.74, 6) is 0.0162. The fourth-order valence-electron chi connectivity index (χ4n) is 3.77. The molecule has 6 nitrogen and oxygen atoms in total. The first-order valence-electron chi connectivity index (χ1n) is 7.97. The van der Waals surface area contributed by atoms with E-state index in [4.69, 9.17) is 9.47 Å². The summed E-state index contributed by atoms with van der Waals surface area (Å²) in [6.45, 7) is 6.44. The van der Waals surface area contributed by atoms with Gasteiger partial charge in [-0.1, -0.05) is 12.1 Å². The van der Waals surface area contributed by atoms with E-state index < -0.39 is 0 Å². The number of carbonyl (C=O) groups is 1. The number of nitrogens with zero attached hydrogens (tertiary/aromatic N) is 2. The minimum absolute atomic E-state index is 0.0162. The van der Waals surface area contributed by atoms with E-state index in [-0.39, 0.29) is 17.1 Å². The SMILES string of the molecule is CC1(C)CN(C(=O)c2cccc3cn[nH]c23)CC2(CCOC2)O1. The second kappa shape index (κ2) is 5.04. The highest BCUT2D eigenvalue weighted by atomic mass is 16.6. The summed E-state index contributed by atoms with van der Waals surface area (Å²) in [4.78, 5) is 15.0. The predicted molar refractivity (Wildman–Crippen MR) is 85.3 cm³/mol. The fourth-order valence-corrected chi connectivity index (χ4v) is 3.77. The average Bonchev–Trinajstić information content (AvgIpc) is 3.13. The number of benzene rings is 1. The van der Waals surface area contributed by atoms with Gasteiger partial charge in [-0.2, -0.15) is 5.10 Å². The first-order chi connectivity index (χ1) is 11.0. The highest BCUT2D eigenvalue weighted by Gasteiger charge is 2.48. The number of rotatable bonds is 1. The molecule has 0 saturated carbocycles. The van der Waals surface area contributed by atoms with Crippen molar-refractivity contribution in [3.05, 3.63) is 30.0 Å². The summed E-state index contributed by atoms with van der Waals surface area (Å²) in [5, 5.41) is 7.93. The summed E-state index contributed by atoms with van der Waals surface area (Å²) >= 11 is 0. The van der Waals surface area contributed by atoms with Gasteiger partial charge >= 0.3 is 0 Å². The van der Waals surface area contributed by atoms with Crippen LogP contribution in [-0.4, -0.2) is 58.5 Å². The Kier molecular flexibility index (Phi) is 3.21. The van der Waals surface area contributed by atoms with E-state index in [1.54, 1.807) is 6.20 Å². The number of ether oxygens (including phenoxy) is 2. The van der Waals surface area contributed by atoms with Crippen molar-refractivity contribution in [3.8, 4) is 0 Å². The van der Waals surface area contributed by atoms with Crippen LogP contribution in [0.4, 0.5) is 0 Å². The number of nitrogens with one attached hydrogen (secondary N) is 1. The maximum atomic E-state index is 13.1. The molecule has 2 saturated heterocycles. The van der Waals surface area contributed by atoms with Crippen molar-refractivity contribution in [3.63, 3.8) is 0 Å². The Hall–Kier alpha value is -1.92. The second-order valence-electron chi connectivity index (χ2n) is 7.15. The van der Waals surface area contributed by atoms with Gasteiger partial charge in [0, 0.05) is 25.0 Å². The summed E-state index contributed by atoms with van der Waals surface area (Å²) < 4.78 is 11.8. The van der Waals surface area contributed by atoms with Crippen LogP contribution in [0, 0.1) is 0 Å². The van der Waals surface area contributed by atoms with E-state index in [2.05, 4.69) is 10.2 Å². The van der Waals surface area contributed by atoms with E-state index in [0.717, 1.165) is 17.3 Å². The molecule has 122 valence electrons. The molecule has 1 N–H and O–H groups in total. The molecular formula is C17H21N3O3. The number of H-pyrrole nitrogens is 1. The number of amides is 1. The van der Waals surface area contributed by atoms with Crippen LogP contribution in [0.1, 0.15) is 30.6 Å². The lowest BCUT2D eigenvalue weighted by Gasteiger charge is -2.48. The molecule has 2 aliphatic rings. The zero-order chi connectivity index (χ0) is 16.1. The van der Waals surface area contributed by atoms with E-state index in [0.29, 0.717) is 31.9 Å². The molecule has 1 unspecified atom stereocenters. The zero-order valence-corrected chi connectivity index (χ0v) is 13.5. The molecule has 2 aliphatic heterocycles. The number of aromatic amines is 1. The molecule has 3 heterocycles. The molecule has 6 heteroatoms. The molecule has 0 radical (unpaired) electrons. The van der Waals surface area contributed by atoms with E-state index in [1.807, 2.05) is 36.9 Å². The van der Waals surface area contributed by atoms with Crippen molar-refractivity contribution in [2.45, 2.75) is 31.5 Å². The number of hydrogen-bond donors (Lipinski definition) is 1. The van der Waals surface area contributed by atoms with Gasteiger partial charge in [0.2, 0.25) is 0 Å². The third-order valence-corrected chi connectivity index (χ3v) is 4.60. The lowest BCUT2D eigenvalue weighted by molar-refractivity contribution is -0.186. The van der Waals surface area contributed by atoms with Crippen molar-refractivity contribution in [2.75, 3.05) is 26.3 Å². The lowest BCUT2D eigenvalue weighted by atomic mass is 9.94. The van der Waals surface area contributed by atoms with Gasteiger partial charge in [-0.15, -0.1) is 0 Å². The van der Waals surface area contributed by atoms with Crippen molar-refractivity contribution in [2.24, 2.45) is 0 Å². The highest BCUT2D eigenvalue weighted by Crippen LogP contribution is 2.35. The summed E-state index contributed by atoms with van der Waals surface area (Å²) in [7, 11) is 0. The van der Waals surface area contributed by atoms with Crippen molar-refractivity contribution < 1.29 is 14.3 Å². The third kappa shape index (κ3) is 2.52. The van der Waals surface area contributed by atoms with Gasteiger partial charge in [0.15, 0.2) is 0 Å². The number of aromatic nitrogens is 2. The number of hydrogen-bond acceptors (Lipinski definition) is 4. The van der Waals surface area contributed by atoms with Gasteiger partial charge in [-0.05, 0) is 19.9 Å². The second-order valence-corrected chi connectivity index (χ2v) is 7.15. The van der Waals surface area contributed by atoms with E-state index in [9.17, 15) is 4.79 Å². The van der Waals surface area contributed by atoms with E-state index >= 15 is 0 Å². The van der Waals surface area contributed by atoms with Crippen LogP contribution in [0.5, 0.6) is 0 Å².